The molecule has 0 bridgehead atoms. The summed E-state index contributed by atoms with van der Waals surface area (Å²) >= 11 is 0. The van der Waals surface area contributed by atoms with Crippen molar-refractivity contribution < 1.29 is 14.5 Å². The van der Waals surface area contributed by atoms with Crippen LogP contribution in [0, 0.1) is 17.0 Å². The zero-order valence-electron chi connectivity index (χ0n) is 13.8. The molecule has 1 rings (SSSR count). The maximum Gasteiger partial charge on any atom is 0.410 e. The van der Waals surface area contributed by atoms with Crippen LogP contribution < -0.4 is 5.32 Å². The van der Waals surface area contributed by atoms with Crippen molar-refractivity contribution in [1.29, 1.82) is 0 Å². The number of hydrogen-bond donors (Lipinski definition) is 1. The molecule has 0 aliphatic heterocycles. The van der Waals surface area contributed by atoms with Crippen molar-refractivity contribution in [2.75, 3.05) is 25.5 Å². The highest BCUT2D eigenvalue weighted by Gasteiger charge is 2.24. The number of ether oxygens (including phenoxy) is 1. The highest BCUT2D eigenvalue weighted by atomic mass is 16.6. The minimum atomic E-state index is -0.559. The average Bonchev–Trinajstić information content (AvgIpc) is 2.61. The van der Waals surface area contributed by atoms with E-state index in [4.69, 9.17) is 4.74 Å². The third kappa shape index (κ3) is 4.61. The van der Waals surface area contributed by atoms with E-state index >= 15 is 0 Å². The first-order valence-corrected chi connectivity index (χ1v) is 6.89. The Bertz CT molecular complexity index is 562. The van der Waals surface area contributed by atoms with Gasteiger partial charge in [0.25, 0.3) is 0 Å². The van der Waals surface area contributed by atoms with Gasteiger partial charge in [0.1, 0.15) is 11.3 Å². The van der Waals surface area contributed by atoms with Crippen LogP contribution in [0.3, 0.4) is 0 Å². The summed E-state index contributed by atoms with van der Waals surface area (Å²) in [5.74, 6) is 0.320. The highest BCUT2D eigenvalue weighted by Crippen LogP contribution is 2.26. The maximum absolute atomic E-state index is 11.8. The smallest absolute Gasteiger partial charge is 0.410 e. The molecule has 9 nitrogen and oxygen atoms in total. The first-order valence-electron chi connectivity index (χ1n) is 6.89. The van der Waals surface area contributed by atoms with Gasteiger partial charge in [-0.1, -0.05) is 0 Å². The van der Waals surface area contributed by atoms with Gasteiger partial charge in [-0.2, -0.15) is 5.10 Å². The third-order valence-corrected chi connectivity index (χ3v) is 2.82. The molecule has 9 heteroatoms. The van der Waals surface area contributed by atoms with Crippen molar-refractivity contribution >= 4 is 17.6 Å². The summed E-state index contributed by atoms with van der Waals surface area (Å²) in [7, 11) is 3.23. The largest absolute Gasteiger partial charge is 0.444 e. The summed E-state index contributed by atoms with van der Waals surface area (Å²) in [6, 6.07) is 0. The van der Waals surface area contributed by atoms with Crippen LogP contribution in [-0.2, 0) is 11.8 Å². The molecule has 0 atom stereocenters. The number of nitrogens with one attached hydrogen (secondary N) is 1. The zero-order chi connectivity index (χ0) is 17.1. The van der Waals surface area contributed by atoms with E-state index in [1.807, 2.05) is 0 Å². The number of aromatic nitrogens is 2. The zero-order valence-corrected chi connectivity index (χ0v) is 13.8. The van der Waals surface area contributed by atoms with Gasteiger partial charge in [-0.05, 0) is 27.7 Å². The lowest BCUT2D eigenvalue weighted by Gasteiger charge is -2.24. The van der Waals surface area contributed by atoms with Gasteiger partial charge < -0.3 is 15.0 Å². The number of nitrogens with zero attached hydrogens (tertiary/aromatic N) is 4. The molecule has 124 valence electrons. The molecule has 1 heterocycles. The molecule has 0 aliphatic carbocycles. The summed E-state index contributed by atoms with van der Waals surface area (Å²) in [4.78, 5) is 23.8. The van der Waals surface area contributed by atoms with Crippen LogP contribution >= 0.6 is 0 Å². The molecule has 1 aromatic rings. The first-order chi connectivity index (χ1) is 10.0. The van der Waals surface area contributed by atoms with Gasteiger partial charge in [-0.15, -0.1) is 0 Å². The highest BCUT2D eigenvalue weighted by molar-refractivity contribution is 5.67. The number of likely N-dealkylation sites (N-methyl/N-ethyl adjacent to an activating group) is 1. The third-order valence-electron chi connectivity index (χ3n) is 2.82. The molecule has 1 N–H and O–H groups in total. The summed E-state index contributed by atoms with van der Waals surface area (Å²) < 4.78 is 6.64. The standard InChI is InChI=1S/C13H23N5O4/c1-9-10(18(20)21)11(17(6)15-9)14-7-8-16(5)12(19)22-13(2,3)4/h14H,7-8H2,1-6H3. The van der Waals surface area contributed by atoms with Crippen LogP contribution in [0.25, 0.3) is 0 Å². The molecule has 0 spiro atoms. The first kappa shape index (κ1) is 17.7. The van der Waals surface area contributed by atoms with Crippen molar-refractivity contribution in [2.45, 2.75) is 33.3 Å². The molecule has 0 saturated carbocycles. The number of amides is 1. The predicted octanol–water partition coefficient (Wildman–Crippen LogP) is 1.92. The Labute approximate surface area is 129 Å². The topological polar surface area (TPSA) is 103 Å². The summed E-state index contributed by atoms with van der Waals surface area (Å²) in [6.45, 7) is 7.64. The van der Waals surface area contributed by atoms with E-state index in [1.165, 1.54) is 9.58 Å². The van der Waals surface area contributed by atoms with E-state index in [1.54, 1.807) is 41.8 Å². The van der Waals surface area contributed by atoms with Crippen molar-refractivity contribution in [3.05, 3.63) is 15.8 Å². The molecule has 0 unspecified atom stereocenters. The van der Waals surface area contributed by atoms with E-state index < -0.39 is 16.6 Å². The lowest BCUT2D eigenvalue weighted by molar-refractivity contribution is -0.384. The number of nitro groups is 1. The second-order valence-corrected chi connectivity index (χ2v) is 5.99. The second kappa shape index (κ2) is 6.63. The van der Waals surface area contributed by atoms with E-state index in [0.29, 0.717) is 24.6 Å². The van der Waals surface area contributed by atoms with Crippen LogP contribution in [0.5, 0.6) is 0 Å². The van der Waals surface area contributed by atoms with Crippen molar-refractivity contribution in [3.63, 3.8) is 0 Å². The lowest BCUT2D eigenvalue weighted by Crippen LogP contribution is -2.36. The molecule has 0 aliphatic rings. The molecule has 1 amide bonds. The molecule has 0 radical (unpaired) electrons. The van der Waals surface area contributed by atoms with Crippen molar-refractivity contribution in [1.82, 2.24) is 14.7 Å². The van der Waals surface area contributed by atoms with Crippen LogP contribution in [0.4, 0.5) is 16.3 Å². The van der Waals surface area contributed by atoms with Gasteiger partial charge >= 0.3 is 11.8 Å². The monoisotopic (exact) mass is 313 g/mol. The van der Waals surface area contributed by atoms with Crippen molar-refractivity contribution in [3.8, 4) is 0 Å². The molecule has 0 saturated heterocycles. The molecule has 0 aromatic carbocycles. The van der Waals surface area contributed by atoms with Crippen LogP contribution in [0.2, 0.25) is 0 Å². The average molecular weight is 313 g/mol. The normalized spacial score (nSPS) is 11.2. The van der Waals surface area contributed by atoms with Gasteiger partial charge in [-0.25, -0.2) is 9.48 Å². The number of rotatable bonds is 5. The van der Waals surface area contributed by atoms with Crippen LogP contribution in [0.1, 0.15) is 26.5 Å². The molecule has 1 aromatic heterocycles. The fourth-order valence-corrected chi connectivity index (χ4v) is 1.84. The Kier molecular flexibility index (Phi) is 5.34. The summed E-state index contributed by atoms with van der Waals surface area (Å²) in [5, 5.41) is 18.0. The Morgan fingerprint density at radius 1 is 1.50 bits per heavy atom. The Balaban J connectivity index is 2.62. The van der Waals surface area contributed by atoms with Gasteiger partial charge in [-0.3, -0.25) is 10.1 Å². The predicted molar refractivity (Wildman–Crippen MR) is 82.0 cm³/mol. The lowest BCUT2D eigenvalue weighted by atomic mass is 10.2. The Hall–Kier alpha value is -2.32. The maximum atomic E-state index is 11.8. The van der Waals surface area contributed by atoms with Gasteiger partial charge in [0.05, 0.1) is 4.92 Å². The minimum Gasteiger partial charge on any atom is -0.444 e. The van der Waals surface area contributed by atoms with Crippen LogP contribution in [-0.4, -0.2) is 51.4 Å². The number of carbonyl (C=O) groups excluding carboxylic acids is 1. The number of anilines is 1. The van der Waals surface area contributed by atoms with Gasteiger partial charge in [0, 0.05) is 27.2 Å². The van der Waals surface area contributed by atoms with E-state index in [0.717, 1.165) is 0 Å². The van der Waals surface area contributed by atoms with E-state index in [9.17, 15) is 14.9 Å². The number of hydrogen-bond acceptors (Lipinski definition) is 6. The molecule has 22 heavy (non-hydrogen) atoms. The Morgan fingerprint density at radius 2 is 2.09 bits per heavy atom. The fourth-order valence-electron chi connectivity index (χ4n) is 1.84. The van der Waals surface area contributed by atoms with Crippen molar-refractivity contribution in [2.24, 2.45) is 7.05 Å². The molecular weight excluding hydrogens is 290 g/mol. The molecule has 0 fully saturated rings. The van der Waals surface area contributed by atoms with Crippen LogP contribution in [0.15, 0.2) is 0 Å². The number of aryl methyl sites for hydroxylation is 2. The van der Waals surface area contributed by atoms with Gasteiger partial charge in [0.2, 0.25) is 5.82 Å². The van der Waals surface area contributed by atoms with Gasteiger partial charge in [0.15, 0.2) is 0 Å². The quantitative estimate of drug-likeness (QED) is 0.658. The van der Waals surface area contributed by atoms with E-state index in [-0.39, 0.29) is 5.69 Å². The summed E-state index contributed by atoms with van der Waals surface area (Å²) in [5.41, 5.74) is -0.269. The van der Waals surface area contributed by atoms with E-state index in [2.05, 4.69) is 10.4 Å². The number of carbonyl (C=O) groups is 1. The fraction of sp³-hybridized carbons (Fsp3) is 0.692. The SMILES string of the molecule is Cc1nn(C)c(NCCN(C)C(=O)OC(C)(C)C)c1[N+](=O)[O-]. The molecular formula is C13H23N5O4. The Morgan fingerprint density at radius 3 is 2.59 bits per heavy atom. The summed E-state index contributed by atoms with van der Waals surface area (Å²) in [6.07, 6.45) is -0.440. The second-order valence-electron chi connectivity index (χ2n) is 5.99. The minimum absolute atomic E-state index is 0.0533.